The molecule has 0 atom stereocenters. The number of rotatable bonds is 6. The van der Waals surface area contributed by atoms with Gasteiger partial charge < -0.3 is 14.4 Å². The van der Waals surface area contributed by atoms with Gasteiger partial charge in [0.15, 0.2) is 17.3 Å². The van der Waals surface area contributed by atoms with Crippen LogP contribution in [0.2, 0.25) is 0 Å². The van der Waals surface area contributed by atoms with Crippen LogP contribution in [-0.2, 0) is 6.54 Å². The minimum Gasteiger partial charge on any atom is -0.493 e. The lowest BCUT2D eigenvalue weighted by Gasteiger charge is -2.34. The molecule has 0 radical (unpaired) electrons. The van der Waals surface area contributed by atoms with Crippen molar-refractivity contribution in [1.82, 2.24) is 30.0 Å². The van der Waals surface area contributed by atoms with Gasteiger partial charge in [-0.2, -0.15) is 4.68 Å². The molecule has 1 fully saturated rings. The van der Waals surface area contributed by atoms with Gasteiger partial charge in [0.1, 0.15) is 0 Å². The average molecular weight is 422 g/mol. The molecule has 162 valence electrons. The average Bonchev–Trinajstić information content (AvgIpc) is 3.27. The Labute approximate surface area is 181 Å². The Balaban J connectivity index is 1.41. The fourth-order valence-electron chi connectivity index (χ4n) is 3.73. The molecule has 0 spiro atoms. The smallest absolute Gasteiger partial charge is 0.257 e. The van der Waals surface area contributed by atoms with Crippen LogP contribution < -0.4 is 9.47 Å². The number of tetrazole rings is 1. The van der Waals surface area contributed by atoms with Crippen LogP contribution in [0.5, 0.6) is 11.5 Å². The molecule has 1 aliphatic rings. The van der Waals surface area contributed by atoms with Crippen LogP contribution in [0, 0.1) is 6.92 Å². The number of carbonyl (C=O) groups is 1. The minimum atomic E-state index is -0.0557. The molecule has 0 unspecified atom stereocenters. The third-order valence-electron chi connectivity index (χ3n) is 5.47. The maximum Gasteiger partial charge on any atom is 0.257 e. The first-order valence-electron chi connectivity index (χ1n) is 10.2. The summed E-state index contributed by atoms with van der Waals surface area (Å²) < 4.78 is 12.5. The highest BCUT2D eigenvalue weighted by Gasteiger charge is 2.26. The number of benzene rings is 2. The predicted octanol–water partition coefficient (Wildman–Crippen LogP) is 1.95. The van der Waals surface area contributed by atoms with Crippen LogP contribution in [0.25, 0.3) is 5.69 Å². The quantitative estimate of drug-likeness (QED) is 0.600. The van der Waals surface area contributed by atoms with Crippen molar-refractivity contribution in [2.75, 3.05) is 40.4 Å². The zero-order chi connectivity index (χ0) is 21.8. The third kappa shape index (κ3) is 4.36. The van der Waals surface area contributed by atoms with Crippen molar-refractivity contribution in [3.63, 3.8) is 0 Å². The fourth-order valence-corrected chi connectivity index (χ4v) is 3.73. The highest BCUT2D eigenvalue weighted by molar-refractivity contribution is 5.97. The zero-order valence-electron chi connectivity index (χ0n) is 18.0. The summed E-state index contributed by atoms with van der Waals surface area (Å²) in [5, 5.41) is 12.2. The number of piperazine rings is 1. The van der Waals surface area contributed by atoms with E-state index in [-0.39, 0.29) is 5.91 Å². The van der Waals surface area contributed by atoms with Crippen LogP contribution in [-0.4, -0.2) is 76.3 Å². The van der Waals surface area contributed by atoms with Crippen molar-refractivity contribution in [2.24, 2.45) is 0 Å². The Kier molecular flexibility index (Phi) is 6.13. The standard InChI is InChI=1S/C22H26N6O3/c1-16-7-9-17(10-8-16)28-20(23-24-25-28)15-26-11-13-27(14-12-26)22(29)18-5-4-6-19(30-2)21(18)31-3/h4-10H,11-15H2,1-3H3. The molecule has 3 aromatic rings. The van der Waals surface area contributed by atoms with Crippen LogP contribution in [0.3, 0.4) is 0 Å². The summed E-state index contributed by atoms with van der Waals surface area (Å²) in [5.74, 6) is 1.74. The van der Waals surface area contributed by atoms with E-state index in [1.807, 2.05) is 36.1 Å². The highest BCUT2D eigenvalue weighted by atomic mass is 16.5. The van der Waals surface area contributed by atoms with Crippen LogP contribution in [0.1, 0.15) is 21.7 Å². The molecule has 0 saturated carbocycles. The van der Waals surface area contributed by atoms with Gasteiger partial charge in [-0.3, -0.25) is 9.69 Å². The summed E-state index contributed by atoms with van der Waals surface area (Å²) in [7, 11) is 3.11. The number of para-hydroxylation sites is 1. The first kappa shape index (κ1) is 20.8. The molecular weight excluding hydrogens is 396 g/mol. The van der Waals surface area contributed by atoms with Gasteiger partial charge in [0.25, 0.3) is 5.91 Å². The van der Waals surface area contributed by atoms with Crippen LogP contribution in [0.15, 0.2) is 42.5 Å². The van der Waals surface area contributed by atoms with Crippen molar-refractivity contribution in [1.29, 1.82) is 0 Å². The number of amides is 1. The molecule has 2 heterocycles. The van der Waals surface area contributed by atoms with Gasteiger partial charge in [0.2, 0.25) is 0 Å². The summed E-state index contributed by atoms with van der Waals surface area (Å²) in [6.07, 6.45) is 0. The van der Waals surface area contributed by atoms with Gasteiger partial charge in [-0.1, -0.05) is 23.8 Å². The molecule has 2 aromatic carbocycles. The molecule has 0 bridgehead atoms. The van der Waals surface area contributed by atoms with E-state index in [0.717, 1.165) is 24.6 Å². The number of aromatic nitrogens is 4. The number of methoxy groups -OCH3 is 2. The zero-order valence-corrected chi connectivity index (χ0v) is 18.0. The lowest BCUT2D eigenvalue weighted by atomic mass is 10.1. The van der Waals surface area contributed by atoms with E-state index in [2.05, 4.69) is 20.4 Å². The van der Waals surface area contributed by atoms with Gasteiger partial charge in [-0.05, 0) is 41.6 Å². The van der Waals surface area contributed by atoms with Crippen molar-refractivity contribution in [3.8, 4) is 17.2 Å². The molecule has 1 amide bonds. The monoisotopic (exact) mass is 422 g/mol. The van der Waals surface area contributed by atoms with E-state index in [0.29, 0.717) is 36.7 Å². The van der Waals surface area contributed by atoms with Crippen molar-refractivity contribution >= 4 is 5.91 Å². The number of hydrogen-bond donors (Lipinski definition) is 0. The molecule has 9 heteroatoms. The second kappa shape index (κ2) is 9.13. The Hall–Kier alpha value is -3.46. The molecule has 31 heavy (non-hydrogen) atoms. The molecule has 4 rings (SSSR count). The Bertz CT molecular complexity index is 1040. The Morgan fingerprint density at radius 2 is 1.74 bits per heavy atom. The number of hydrogen-bond acceptors (Lipinski definition) is 7. The third-order valence-corrected chi connectivity index (χ3v) is 5.47. The van der Waals surface area contributed by atoms with Gasteiger partial charge in [-0.15, -0.1) is 5.10 Å². The fraction of sp³-hybridized carbons (Fsp3) is 0.364. The molecule has 0 N–H and O–H groups in total. The summed E-state index contributed by atoms with van der Waals surface area (Å²) in [5.41, 5.74) is 2.63. The van der Waals surface area contributed by atoms with E-state index < -0.39 is 0 Å². The number of nitrogens with zero attached hydrogens (tertiary/aromatic N) is 6. The maximum absolute atomic E-state index is 13.1. The second-order valence-electron chi connectivity index (χ2n) is 7.45. The van der Waals surface area contributed by atoms with Gasteiger partial charge >= 0.3 is 0 Å². The summed E-state index contributed by atoms with van der Waals surface area (Å²) in [4.78, 5) is 17.2. The topological polar surface area (TPSA) is 85.6 Å². The lowest BCUT2D eigenvalue weighted by molar-refractivity contribution is 0.0620. The first-order chi connectivity index (χ1) is 15.1. The number of carbonyl (C=O) groups excluding carboxylic acids is 1. The molecule has 1 aromatic heterocycles. The molecule has 0 aliphatic carbocycles. The molecule has 1 saturated heterocycles. The summed E-state index contributed by atoms with van der Waals surface area (Å²) >= 11 is 0. The van der Waals surface area contributed by atoms with Crippen LogP contribution in [0.4, 0.5) is 0 Å². The summed E-state index contributed by atoms with van der Waals surface area (Å²) in [6.45, 7) is 5.37. The largest absolute Gasteiger partial charge is 0.493 e. The first-order valence-corrected chi connectivity index (χ1v) is 10.2. The molecular formula is C22H26N6O3. The van der Waals surface area contributed by atoms with Gasteiger partial charge in [-0.25, -0.2) is 0 Å². The van der Waals surface area contributed by atoms with Crippen molar-refractivity contribution in [2.45, 2.75) is 13.5 Å². The van der Waals surface area contributed by atoms with E-state index in [1.165, 1.54) is 5.56 Å². The number of aryl methyl sites for hydroxylation is 1. The van der Waals surface area contributed by atoms with Crippen molar-refractivity contribution < 1.29 is 14.3 Å². The summed E-state index contributed by atoms with van der Waals surface area (Å²) in [6, 6.07) is 13.4. The molecule has 9 nitrogen and oxygen atoms in total. The van der Waals surface area contributed by atoms with Crippen LogP contribution >= 0.6 is 0 Å². The van der Waals surface area contributed by atoms with E-state index in [1.54, 1.807) is 37.1 Å². The predicted molar refractivity (Wildman–Crippen MR) is 115 cm³/mol. The Morgan fingerprint density at radius 3 is 2.42 bits per heavy atom. The second-order valence-corrected chi connectivity index (χ2v) is 7.45. The molecule has 1 aliphatic heterocycles. The number of ether oxygens (including phenoxy) is 2. The van der Waals surface area contributed by atoms with Gasteiger partial charge in [0, 0.05) is 26.2 Å². The minimum absolute atomic E-state index is 0.0557. The maximum atomic E-state index is 13.1. The lowest BCUT2D eigenvalue weighted by Crippen LogP contribution is -2.48. The Morgan fingerprint density at radius 1 is 1.00 bits per heavy atom. The van der Waals surface area contributed by atoms with E-state index >= 15 is 0 Å². The van der Waals surface area contributed by atoms with Gasteiger partial charge in [0.05, 0.1) is 32.0 Å². The van der Waals surface area contributed by atoms with E-state index in [4.69, 9.17) is 9.47 Å². The normalized spacial score (nSPS) is 14.5. The van der Waals surface area contributed by atoms with E-state index in [9.17, 15) is 4.79 Å². The highest BCUT2D eigenvalue weighted by Crippen LogP contribution is 2.31. The van der Waals surface area contributed by atoms with Crippen molar-refractivity contribution in [3.05, 3.63) is 59.4 Å². The SMILES string of the molecule is COc1cccc(C(=O)N2CCN(Cc3nnnn3-c3ccc(C)cc3)CC2)c1OC.